The third-order valence-corrected chi connectivity index (χ3v) is 3.54. The maximum atomic E-state index is 12.0. The summed E-state index contributed by atoms with van der Waals surface area (Å²) in [5.74, 6) is 1.43. The normalized spacial score (nSPS) is 10.5. The van der Waals surface area contributed by atoms with Crippen LogP contribution in [0.15, 0.2) is 53.1 Å². The Bertz CT molecular complexity index is 874. The molecule has 2 aromatic carbocycles. The number of anilines is 1. The second-order valence-corrected chi connectivity index (χ2v) is 5.60. The summed E-state index contributed by atoms with van der Waals surface area (Å²) in [4.78, 5) is 16.3. The van der Waals surface area contributed by atoms with Crippen molar-refractivity contribution in [3.63, 3.8) is 0 Å². The molecule has 0 saturated carbocycles. The van der Waals surface area contributed by atoms with Gasteiger partial charge in [0.25, 0.3) is 11.8 Å². The lowest BCUT2D eigenvalue weighted by atomic mass is 10.2. The molecular formula is C19H19N3O3. The third-order valence-electron chi connectivity index (χ3n) is 3.54. The van der Waals surface area contributed by atoms with Crippen LogP contribution >= 0.6 is 0 Å². The minimum atomic E-state index is -0.220. The van der Waals surface area contributed by atoms with E-state index in [2.05, 4.69) is 15.5 Å². The molecule has 25 heavy (non-hydrogen) atoms. The number of carbonyl (C=O) groups is 1. The van der Waals surface area contributed by atoms with Crippen LogP contribution in [0, 0.1) is 6.92 Å². The van der Waals surface area contributed by atoms with Gasteiger partial charge in [-0.25, -0.2) is 0 Å². The van der Waals surface area contributed by atoms with Crippen molar-refractivity contribution in [2.24, 2.45) is 0 Å². The SMILES string of the molecule is CCc1noc(-c2cccc(OCC(=O)Nc3cccc(C)c3)c2)n1. The van der Waals surface area contributed by atoms with E-state index in [4.69, 9.17) is 9.26 Å². The predicted molar refractivity (Wildman–Crippen MR) is 94.4 cm³/mol. The van der Waals surface area contributed by atoms with E-state index in [1.54, 1.807) is 12.1 Å². The topological polar surface area (TPSA) is 77.2 Å². The number of nitrogens with one attached hydrogen (secondary N) is 1. The van der Waals surface area contributed by atoms with Crippen LogP contribution in [0.3, 0.4) is 0 Å². The highest BCUT2D eigenvalue weighted by Gasteiger charge is 2.09. The molecule has 0 aliphatic rings. The zero-order chi connectivity index (χ0) is 17.6. The van der Waals surface area contributed by atoms with Crippen molar-refractivity contribution in [2.45, 2.75) is 20.3 Å². The Balaban J connectivity index is 1.61. The number of ether oxygens (including phenoxy) is 1. The molecule has 0 unspecified atom stereocenters. The quantitative estimate of drug-likeness (QED) is 0.743. The van der Waals surface area contributed by atoms with Gasteiger partial charge in [0, 0.05) is 17.7 Å². The fourth-order valence-electron chi connectivity index (χ4n) is 2.30. The van der Waals surface area contributed by atoms with Gasteiger partial charge in [0.05, 0.1) is 0 Å². The number of aryl methyl sites for hydroxylation is 2. The molecule has 3 rings (SSSR count). The first-order valence-electron chi connectivity index (χ1n) is 8.06. The van der Waals surface area contributed by atoms with Gasteiger partial charge >= 0.3 is 0 Å². The highest BCUT2D eigenvalue weighted by atomic mass is 16.5. The molecule has 0 aliphatic heterocycles. The van der Waals surface area contributed by atoms with E-state index >= 15 is 0 Å². The van der Waals surface area contributed by atoms with Crippen molar-refractivity contribution in [3.8, 4) is 17.2 Å². The van der Waals surface area contributed by atoms with Crippen LogP contribution in [0.25, 0.3) is 11.5 Å². The molecule has 1 heterocycles. The van der Waals surface area contributed by atoms with Crippen molar-refractivity contribution >= 4 is 11.6 Å². The van der Waals surface area contributed by atoms with Crippen molar-refractivity contribution in [3.05, 3.63) is 59.9 Å². The summed E-state index contributed by atoms with van der Waals surface area (Å²) in [6.07, 6.45) is 0.707. The number of hydrogen-bond acceptors (Lipinski definition) is 5. The van der Waals surface area contributed by atoms with E-state index < -0.39 is 0 Å². The number of carbonyl (C=O) groups excluding carboxylic acids is 1. The maximum absolute atomic E-state index is 12.0. The summed E-state index contributed by atoms with van der Waals surface area (Å²) >= 11 is 0. The number of amides is 1. The van der Waals surface area contributed by atoms with Gasteiger partial charge in [-0.1, -0.05) is 30.3 Å². The highest BCUT2D eigenvalue weighted by molar-refractivity contribution is 5.91. The highest BCUT2D eigenvalue weighted by Crippen LogP contribution is 2.22. The van der Waals surface area contributed by atoms with Crippen molar-refractivity contribution in [2.75, 3.05) is 11.9 Å². The van der Waals surface area contributed by atoms with Crippen molar-refractivity contribution < 1.29 is 14.1 Å². The molecule has 6 nitrogen and oxygen atoms in total. The first-order chi connectivity index (χ1) is 12.1. The van der Waals surface area contributed by atoms with E-state index in [0.29, 0.717) is 23.9 Å². The van der Waals surface area contributed by atoms with Gasteiger partial charge in [-0.15, -0.1) is 0 Å². The minimum Gasteiger partial charge on any atom is -0.484 e. The smallest absolute Gasteiger partial charge is 0.262 e. The van der Waals surface area contributed by atoms with E-state index in [9.17, 15) is 4.79 Å². The Morgan fingerprint density at radius 1 is 1.20 bits per heavy atom. The molecule has 1 N–H and O–H groups in total. The van der Waals surface area contributed by atoms with E-state index in [-0.39, 0.29) is 12.5 Å². The molecule has 0 spiro atoms. The average molecular weight is 337 g/mol. The lowest BCUT2D eigenvalue weighted by Crippen LogP contribution is -2.20. The fourth-order valence-corrected chi connectivity index (χ4v) is 2.30. The molecule has 6 heteroatoms. The van der Waals surface area contributed by atoms with E-state index in [1.807, 2.05) is 50.2 Å². The summed E-state index contributed by atoms with van der Waals surface area (Å²) in [6, 6.07) is 14.8. The van der Waals surface area contributed by atoms with Crippen LogP contribution in [0.4, 0.5) is 5.69 Å². The first-order valence-corrected chi connectivity index (χ1v) is 8.06. The number of hydrogen-bond donors (Lipinski definition) is 1. The number of aromatic nitrogens is 2. The van der Waals surface area contributed by atoms with Crippen molar-refractivity contribution in [1.82, 2.24) is 10.1 Å². The van der Waals surface area contributed by atoms with Crippen LogP contribution in [0.5, 0.6) is 5.75 Å². The molecule has 0 radical (unpaired) electrons. The largest absolute Gasteiger partial charge is 0.484 e. The van der Waals surface area contributed by atoms with Crippen LogP contribution in [0.2, 0.25) is 0 Å². The van der Waals surface area contributed by atoms with Crippen molar-refractivity contribution in [1.29, 1.82) is 0 Å². The Hall–Kier alpha value is -3.15. The van der Waals surface area contributed by atoms with Crippen LogP contribution in [0.1, 0.15) is 18.3 Å². The molecule has 1 amide bonds. The molecular weight excluding hydrogens is 318 g/mol. The second-order valence-electron chi connectivity index (χ2n) is 5.60. The standard InChI is InChI=1S/C19H19N3O3/c1-3-17-21-19(25-22-17)14-7-5-9-16(11-14)24-12-18(23)20-15-8-4-6-13(2)10-15/h4-11H,3,12H2,1-2H3,(H,20,23). The maximum Gasteiger partial charge on any atom is 0.262 e. The van der Waals surface area contributed by atoms with E-state index in [1.165, 1.54) is 0 Å². The summed E-state index contributed by atoms with van der Waals surface area (Å²) < 4.78 is 10.8. The van der Waals surface area contributed by atoms with E-state index in [0.717, 1.165) is 16.8 Å². The number of benzene rings is 2. The Labute approximate surface area is 145 Å². The van der Waals surface area contributed by atoms with Gasteiger partial charge in [-0.2, -0.15) is 4.98 Å². The number of nitrogens with zero attached hydrogens (tertiary/aromatic N) is 2. The van der Waals surface area contributed by atoms with Gasteiger partial charge in [0.1, 0.15) is 5.75 Å². The fraction of sp³-hybridized carbons (Fsp3) is 0.211. The third kappa shape index (κ3) is 4.44. The Morgan fingerprint density at radius 3 is 2.80 bits per heavy atom. The molecule has 0 fully saturated rings. The molecule has 1 aromatic heterocycles. The zero-order valence-corrected chi connectivity index (χ0v) is 14.2. The van der Waals surface area contributed by atoms with Gasteiger partial charge in [-0.05, 0) is 42.8 Å². The molecule has 0 saturated heterocycles. The molecule has 0 atom stereocenters. The second kappa shape index (κ2) is 7.61. The summed E-state index contributed by atoms with van der Waals surface area (Å²) in [5, 5.41) is 6.68. The summed E-state index contributed by atoms with van der Waals surface area (Å²) in [5.41, 5.74) is 2.58. The lowest BCUT2D eigenvalue weighted by molar-refractivity contribution is -0.118. The molecule has 0 bridgehead atoms. The van der Waals surface area contributed by atoms with Gasteiger partial charge < -0.3 is 14.6 Å². The Morgan fingerprint density at radius 2 is 2.04 bits per heavy atom. The number of rotatable bonds is 6. The van der Waals surface area contributed by atoms with Crippen LogP contribution in [-0.2, 0) is 11.2 Å². The lowest BCUT2D eigenvalue weighted by Gasteiger charge is -2.08. The van der Waals surface area contributed by atoms with Crippen LogP contribution in [-0.4, -0.2) is 22.7 Å². The zero-order valence-electron chi connectivity index (χ0n) is 14.2. The first kappa shape index (κ1) is 16.7. The molecule has 3 aromatic rings. The Kier molecular flexibility index (Phi) is 5.09. The molecule has 128 valence electrons. The predicted octanol–water partition coefficient (Wildman–Crippen LogP) is 3.62. The van der Waals surface area contributed by atoms with Gasteiger partial charge in [0.2, 0.25) is 0 Å². The monoisotopic (exact) mass is 337 g/mol. The minimum absolute atomic E-state index is 0.0819. The average Bonchev–Trinajstić information content (AvgIpc) is 3.09. The summed E-state index contributed by atoms with van der Waals surface area (Å²) in [7, 11) is 0. The molecule has 0 aliphatic carbocycles. The van der Waals surface area contributed by atoms with Gasteiger partial charge in [0.15, 0.2) is 12.4 Å². The van der Waals surface area contributed by atoms with Gasteiger partial charge in [-0.3, -0.25) is 4.79 Å². The van der Waals surface area contributed by atoms with Crippen LogP contribution < -0.4 is 10.1 Å². The summed E-state index contributed by atoms with van der Waals surface area (Å²) in [6.45, 7) is 3.85.